The van der Waals surface area contributed by atoms with Gasteiger partial charge in [0.1, 0.15) is 5.75 Å². The maximum atomic E-state index is 13.9. The number of carbonyl (C=O) groups is 2. The Morgan fingerprint density at radius 2 is 1.64 bits per heavy atom. The van der Waals surface area contributed by atoms with Crippen molar-refractivity contribution in [2.45, 2.75) is 23.8 Å². The van der Waals surface area contributed by atoms with Crippen molar-refractivity contribution in [3.05, 3.63) is 77.4 Å². The van der Waals surface area contributed by atoms with E-state index < -0.39 is 12.0 Å². The third-order valence-electron chi connectivity index (χ3n) is 6.35. The molecule has 0 spiro atoms. The van der Waals surface area contributed by atoms with Gasteiger partial charge in [0.15, 0.2) is 11.5 Å². The highest BCUT2D eigenvalue weighted by molar-refractivity contribution is 7.98. The highest BCUT2D eigenvalue weighted by Crippen LogP contribution is 2.46. The first-order valence-corrected chi connectivity index (χ1v) is 12.8. The zero-order chi connectivity index (χ0) is 25.8. The molecule has 3 aromatic rings. The van der Waals surface area contributed by atoms with Crippen molar-refractivity contribution in [2.24, 2.45) is 0 Å². The monoisotopic (exact) mass is 506 g/mol. The van der Waals surface area contributed by atoms with Gasteiger partial charge in [-0.15, -0.1) is 11.8 Å². The summed E-state index contributed by atoms with van der Waals surface area (Å²) < 4.78 is 16.5. The van der Waals surface area contributed by atoms with E-state index in [0.717, 1.165) is 16.2 Å². The molecule has 0 bridgehead atoms. The van der Waals surface area contributed by atoms with Crippen molar-refractivity contribution in [2.75, 3.05) is 39.4 Å². The molecule has 0 fully saturated rings. The molecule has 0 saturated carbocycles. The Morgan fingerprint density at radius 3 is 2.22 bits per heavy atom. The van der Waals surface area contributed by atoms with Gasteiger partial charge in [0.2, 0.25) is 5.91 Å². The maximum absolute atomic E-state index is 13.9. The fourth-order valence-corrected chi connectivity index (χ4v) is 4.98. The lowest BCUT2D eigenvalue weighted by Crippen LogP contribution is -2.44. The topological polar surface area (TPSA) is 77.1 Å². The van der Waals surface area contributed by atoms with Gasteiger partial charge in [-0.05, 0) is 72.8 Å². The van der Waals surface area contributed by atoms with E-state index in [1.165, 1.54) is 14.2 Å². The van der Waals surface area contributed by atoms with Crippen LogP contribution in [-0.4, -0.2) is 50.8 Å². The molecular formula is C28H30N2O5S. The number of methoxy groups -OCH3 is 2. The highest BCUT2D eigenvalue weighted by atomic mass is 32.2. The minimum atomic E-state index is -0.686. The number of nitrogens with zero attached hydrogens (tertiary/aromatic N) is 1. The van der Waals surface area contributed by atoms with Gasteiger partial charge in [0.25, 0.3) is 5.91 Å². The molecular weight excluding hydrogens is 476 g/mol. The third kappa shape index (κ3) is 4.86. The average Bonchev–Trinajstić information content (AvgIpc) is 2.91. The molecule has 2 atom stereocenters. The molecule has 1 heterocycles. The number of amides is 2. The number of hydrogen-bond acceptors (Lipinski definition) is 6. The third-order valence-corrected chi connectivity index (χ3v) is 7.09. The summed E-state index contributed by atoms with van der Waals surface area (Å²) in [6.07, 6.45) is 2.01. The molecule has 1 aliphatic rings. The average molecular weight is 507 g/mol. The molecule has 36 heavy (non-hydrogen) atoms. The fraction of sp³-hybridized carbons (Fsp3) is 0.286. The van der Waals surface area contributed by atoms with Crippen LogP contribution >= 0.6 is 11.8 Å². The smallest absolute Gasteiger partial charge is 0.254 e. The predicted molar refractivity (Wildman–Crippen MR) is 142 cm³/mol. The lowest BCUT2D eigenvalue weighted by Gasteiger charge is -2.40. The van der Waals surface area contributed by atoms with Gasteiger partial charge in [-0.3, -0.25) is 9.59 Å². The van der Waals surface area contributed by atoms with E-state index in [-0.39, 0.29) is 11.8 Å². The van der Waals surface area contributed by atoms with Crippen LogP contribution in [0, 0.1) is 0 Å². The van der Waals surface area contributed by atoms with Crippen LogP contribution < -0.4 is 19.5 Å². The van der Waals surface area contributed by atoms with Gasteiger partial charge < -0.3 is 24.4 Å². The zero-order valence-electron chi connectivity index (χ0n) is 21.0. The Kier molecular flexibility index (Phi) is 7.74. The summed E-state index contributed by atoms with van der Waals surface area (Å²) in [5.74, 6) is 0.526. The Labute approximate surface area is 215 Å². The van der Waals surface area contributed by atoms with E-state index >= 15 is 0 Å². The molecule has 4 rings (SSSR count). The Morgan fingerprint density at radius 1 is 1.00 bits per heavy atom. The van der Waals surface area contributed by atoms with Crippen molar-refractivity contribution in [1.82, 2.24) is 4.90 Å². The van der Waals surface area contributed by atoms with Crippen molar-refractivity contribution in [1.29, 1.82) is 0 Å². The molecule has 7 nitrogen and oxygen atoms in total. The molecule has 2 amide bonds. The van der Waals surface area contributed by atoms with Gasteiger partial charge in [0, 0.05) is 23.2 Å². The first-order chi connectivity index (χ1) is 17.4. The highest BCUT2D eigenvalue weighted by Gasteiger charge is 2.43. The van der Waals surface area contributed by atoms with Crippen molar-refractivity contribution in [3.63, 3.8) is 0 Å². The van der Waals surface area contributed by atoms with E-state index in [1.807, 2.05) is 49.6 Å². The Hall–Kier alpha value is -3.65. The number of rotatable bonds is 8. The number of benzene rings is 3. The summed E-state index contributed by atoms with van der Waals surface area (Å²) in [6, 6.07) is 18.1. The lowest BCUT2D eigenvalue weighted by molar-refractivity contribution is -0.119. The molecule has 0 saturated heterocycles. The molecule has 3 aromatic carbocycles. The number of hydrogen-bond donors (Lipinski definition) is 1. The Balaban J connectivity index is 1.81. The van der Waals surface area contributed by atoms with Gasteiger partial charge in [-0.1, -0.05) is 12.1 Å². The van der Waals surface area contributed by atoms with Crippen LogP contribution in [-0.2, 0) is 4.79 Å². The summed E-state index contributed by atoms with van der Waals surface area (Å²) in [5.41, 5.74) is 2.52. The largest absolute Gasteiger partial charge is 0.494 e. The molecule has 0 radical (unpaired) electrons. The van der Waals surface area contributed by atoms with Gasteiger partial charge >= 0.3 is 0 Å². The number of ether oxygens (including phenoxy) is 3. The predicted octanol–water partition coefficient (Wildman–Crippen LogP) is 5.37. The number of carbonyl (C=O) groups excluding carboxylic acids is 2. The molecule has 0 aliphatic carbocycles. The number of thioether (sulfide) groups is 1. The SMILES string of the molecule is CCOc1ccc(NC(=O)[C@H]2c3cc(OC)c(OC)cc3C(=O)N(C)[C@H]2c2ccc(SC)cc2)cc1. The first kappa shape index (κ1) is 25.4. The number of anilines is 1. The molecule has 188 valence electrons. The van der Waals surface area contributed by atoms with E-state index in [4.69, 9.17) is 14.2 Å². The van der Waals surface area contributed by atoms with Crippen LogP contribution in [0.5, 0.6) is 17.2 Å². The second-order valence-electron chi connectivity index (χ2n) is 8.35. The van der Waals surface area contributed by atoms with Crippen LogP contribution in [0.3, 0.4) is 0 Å². The first-order valence-electron chi connectivity index (χ1n) is 11.6. The summed E-state index contributed by atoms with van der Waals surface area (Å²) in [5, 5.41) is 3.04. The van der Waals surface area contributed by atoms with E-state index in [0.29, 0.717) is 34.9 Å². The summed E-state index contributed by atoms with van der Waals surface area (Å²) in [4.78, 5) is 30.1. The maximum Gasteiger partial charge on any atom is 0.254 e. The van der Waals surface area contributed by atoms with Crippen LogP contribution in [0.4, 0.5) is 5.69 Å². The quantitative estimate of drug-likeness (QED) is 0.414. The standard InChI is InChI=1S/C28H30N2O5S/c1-6-35-19-11-9-18(10-12-19)29-27(31)25-21-15-23(33-3)24(34-4)16-22(21)28(32)30(2)26(25)17-7-13-20(36-5)14-8-17/h7-16,25-26H,6H2,1-5H3,(H,29,31)/t25-,26-/m0/s1. The second-order valence-corrected chi connectivity index (χ2v) is 9.23. The van der Waals surface area contributed by atoms with Crippen LogP contribution in [0.15, 0.2) is 65.6 Å². The van der Waals surface area contributed by atoms with E-state index in [9.17, 15) is 9.59 Å². The van der Waals surface area contributed by atoms with Crippen molar-refractivity contribution >= 4 is 29.3 Å². The zero-order valence-corrected chi connectivity index (χ0v) is 21.8. The molecule has 0 aromatic heterocycles. The summed E-state index contributed by atoms with van der Waals surface area (Å²) in [6.45, 7) is 2.48. The minimum absolute atomic E-state index is 0.185. The lowest BCUT2D eigenvalue weighted by atomic mass is 9.79. The number of likely N-dealkylation sites (N-methyl/N-ethyl adjacent to an activating group) is 1. The minimum Gasteiger partial charge on any atom is -0.494 e. The van der Waals surface area contributed by atoms with Crippen LogP contribution in [0.2, 0.25) is 0 Å². The second kappa shape index (κ2) is 11.0. The number of nitrogens with one attached hydrogen (secondary N) is 1. The van der Waals surface area contributed by atoms with Gasteiger partial charge in [-0.25, -0.2) is 0 Å². The molecule has 8 heteroatoms. The molecule has 1 N–H and O–H groups in total. The number of fused-ring (bicyclic) bond motifs is 1. The summed E-state index contributed by atoms with van der Waals surface area (Å²) in [7, 11) is 4.79. The van der Waals surface area contributed by atoms with E-state index in [2.05, 4.69) is 5.32 Å². The van der Waals surface area contributed by atoms with Crippen LogP contribution in [0.1, 0.15) is 40.4 Å². The molecule has 0 unspecified atom stereocenters. The van der Waals surface area contributed by atoms with Gasteiger partial charge in [-0.2, -0.15) is 0 Å². The van der Waals surface area contributed by atoms with Crippen molar-refractivity contribution < 1.29 is 23.8 Å². The Bertz CT molecular complexity index is 1240. The summed E-state index contributed by atoms with van der Waals surface area (Å²) >= 11 is 1.64. The van der Waals surface area contributed by atoms with E-state index in [1.54, 1.807) is 48.0 Å². The van der Waals surface area contributed by atoms with Crippen molar-refractivity contribution in [3.8, 4) is 17.2 Å². The fourth-order valence-electron chi connectivity index (χ4n) is 4.57. The normalized spacial score (nSPS) is 16.8. The van der Waals surface area contributed by atoms with Gasteiger partial charge in [0.05, 0.1) is 32.8 Å². The molecule has 1 aliphatic heterocycles. The van der Waals surface area contributed by atoms with Crippen LogP contribution in [0.25, 0.3) is 0 Å².